The SMILES string of the molecule is C[C@H]1CN(Cc2ccc(-c3cn([C@H]4CC[C@H](O)CC4)c4nc(NCCC(F)(F)F)ncc34)cc2)CCN1.Cl. The van der Waals surface area contributed by atoms with Crippen LogP contribution in [0.1, 0.15) is 50.6 Å². The standard InChI is InChI=1S/C27H35F3N6O.ClH/c1-18-15-35(13-12-31-18)16-19-2-4-20(5-3-19)24-17-36(21-6-8-22(37)9-7-21)25-23(24)14-33-26(34-25)32-11-10-27(28,29)30;/h2-5,14,17-18,21-22,31,37H,6-13,15-16H2,1H3,(H,32,33,34);1H/t18-,21-,22-;/m0./s1. The third kappa shape index (κ3) is 6.97. The van der Waals surface area contributed by atoms with E-state index in [1.807, 2.05) is 0 Å². The first-order chi connectivity index (χ1) is 17.7. The minimum absolute atomic E-state index is 0. The number of benzene rings is 1. The van der Waals surface area contributed by atoms with Crippen LogP contribution in [0.25, 0.3) is 22.2 Å². The zero-order valence-corrected chi connectivity index (χ0v) is 22.4. The minimum atomic E-state index is -4.23. The van der Waals surface area contributed by atoms with Gasteiger partial charge >= 0.3 is 6.18 Å². The maximum Gasteiger partial charge on any atom is 0.390 e. The van der Waals surface area contributed by atoms with Crippen molar-refractivity contribution in [2.45, 2.75) is 69.9 Å². The molecule has 38 heavy (non-hydrogen) atoms. The largest absolute Gasteiger partial charge is 0.393 e. The summed E-state index contributed by atoms with van der Waals surface area (Å²) in [6.45, 7) is 5.91. The number of hydrogen-bond acceptors (Lipinski definition) is 6. The fourth-order valence-corrected chi connectivity index (χ4v) is 5.48. The van der Waals surface area contributed by atoms with Crippen molar-refractivity contribution in [2.24, 2.45) is 0 Å². The van der Waals surface area contributed by atoms with Crippen LogP contribution in [0.3, 0.4) is 0 Å². The summed E-state index contributed by atoms with van der Waals surface area (Å²) in [7, 11) is 0. The maximum absolute atomic E-state index is 12.6. The van der Waals surface area contributed by atoms with Gasteiger partial charge in [-0.1, -0.05) is 24.3 Å². The van der Waals surface area contributed by atoms with E-state index in [9.17, 15) is 18.3 Å². The first-order valence-electron chi connectivity index (χ1n) is 13.2. The number of anilines is 1. The van der Waals surface area contributed by atoms with E-state index in [1.165, 1.54) is 5.56 Å². The van der Waals surface area contributed by atoms with Crippen molar-refractivity contribution in [3.63, 3.8) is 0 Å². The molecule has 2 aromatic heterocycles. The topological polar surface area (TPSA) is 78.2 Å². The van der Waals surface area contributed by atoms with Crippen molar-refractivity contribution in [3.05, 3.63) is 42.2 Å². The van der Waals surface area contributed by atoms with Crippen LogP contribution in [-0.2, 0) is 6.54 Å². The van der Waals surface area contributed by atoms with E-state index in [0.717, 1.165) is 68.4 Å². The zero-order chi connectivity index (χ0) is 26.0. The van der Waals surface area contributed by atoms with Gasteiger partial charge in [0.25, 0.3) is 0 Å². The highest BCUT2D eigenvalue weighted by atomic mass is 35.5. The molecule has 0 radical (unpaired) electrons. The van der Waals surface area contributed by atoms with Gasteiger partial charge in [0.2, 0.25) is 5.95 Å². The average Bonchev–Trinajstić information content (AvgIpc) is 3.23. The molecule has 1 aliphatic heterocycles. The Morgan fingerprint density at radius 3 is 2.55 bits per heavy atom. The molecule has 11 heteroatoms. The summed E-state index contributed by atoms with van der Waals surface area (Å²) in [5.74, 6) is 0.194. The van der Waals surface area contributed by atoms with Gasteiger partial charge in [-0.25, -0.2) is 4.98 Å². The fraction of sp³-hybridized carbons (Fsp3) is 0.556. The highest BCUT2D eigenvalue weighted by molar-refractivity contribution is 5.94. The van der Waals surface area contributed by atoms with Gasteiger partial charge in [-0.05, 0) is 43.7 Å². The van der Waals surface area contributed by atoms with Gasteiger partial charge in [0.1, 0.15) is 5.65 Å². The van der Waals surface area contributed by atoms with Crippen molar-refractivity contribution in [1.82, 2.24) is 24.8 Å². The van der Waals surface area contributed by atoms with Crippen molar-refractivity contribution >= 4 is 29.4 Å². The van der Waals surface area contributed by atoms with Gasteiger partial charge in [-0.3, -0.25) is 4.90 Å². The number of hydrogen-bond donors (Lipinski definition) is 3. The molecule has 7 nitrogen and oxygen atoms in total. The molecule has 2 fully saturated rings. The van der Waals surface area contributed by atoms with E-state index in [4.69, 9.17) is 0 Å². The second-order valence-electron chi connectivity index (χ2n) is 10.4. The van der Waals surface area contributed by atoms with Crippen molar-refractivity contribution in [3.8, 4) is 11.1 Å². The average molecular weight is 553 g/mol. The molecule has 0 unspecified atom stereocenters. The van der Waals surface area contributed by atoms with E-state index < -0.39 is 12.6 Å². The molecular formula is C27H36ClF3N6O. The number of halogens is 4. The summed E-state index contributed by atoms with van der Waals surface area (Å²) >= 11 is 0. The summed E-state index contributed by atoms with van der Waals surface area (Å²) < 4.78 is 39.9. The number of aliphatic hydroxyl groups excluding tert-OH is 1. The molecule has 1 aliphatic carbocycles. The minimum Gasteiger partial charge on any atom is -0.393 e. The van der Waals surface area contributed by atoms with Gasteiger partial charge < -0.3 is 20.3 Å². The molecule has 0 bridgehead atoms. The van der Waals surface area contributed by atoms with Crippen molar-refractivity contribution in [2.75, 3.05) is 31.5 Å². The second-order valence-corrected chi connectivity index (χ2v) is 10.4. The Balaban J connectivity index is 0.00000336. The number of aromatic nitrogens is 3. The molecule has 1 atom stereocenters. The fourth-order valence-electron chi connectivity index (χ4n) is 5.48. The third-order valence-electron chi connectivity index (χ3n) is 7.45. The third-order valence-corrected chi connectivity index (χ3v) is 7.45. The smallest absolute Gasteiger partial charge is 0.390 e. The van der Waals surface area contributed by atoms with E-state index in [-0.39, 0.29) is 37.0 Å². The normalized spacial score (nSPS) is 22.8. The van der Waals surface area contributed by atoms with E-state index in [2.05, 4.69) is 67.5 Å². The molecular weight excluding hydrogens is 517 g/mol. The Bertz CT molecular complexity index is 1190. The summed E-state index contributed by atoms with van der Waals surface area (Å²) in [5, 5.41) is 17.1. The number of aliphatic hydroxyl groups is 1. The van der Waals surface area contributed by atoms with E-state index in [0.29, 0.717) is 11.7 Å². The highest BCUT2D eigenvalue weighted by Gasteiger charge is 2.27. The van der Waals surface area contributed by atoms with Gasteiger partial charge in [0, 0.05) is 68.2 Å². The van der Waals surface area contributed by atoms with Crippen LogP contribution < -0.4 is 10.6 Å². The lowest BCUT2D eigenvalue weighted by Crippen LogP contribution is -2.48. The lowest BCUT2D eigenvalue weighted by Gasteiger charge is -2.31. The van der Waals surface area contributed by atoms with E-state index in [1.54, 1.807) is 6.20 Å². The number of nitrogens with zero attached hydrogens (tertiary/aromatic N) is 4. The number of alkyl halides is 3. The molecule has 1 saturated carbocycles. The van der Waals surface area contributed by atoms with E-state index >= 15 is 0 Å². The van der Waals surface area contributed by atoms with Crippen molar-refractivity contribution < 1.29 is 18.3 Å². The van der Waals surface area contributed by atoms with Crippen LogP contribution in [0.4, 0.5) is 19.1 Å². The molecule has 0 spiro atoms. The first kappa shape index (κ1) is 28.6. The van der Waals surface area contributed by atoms with Crippen LogP contribution in [0.5, 0.6) is 0 Å². The summed E-state index contributed by atoms with van der Waals surface area (Å²) in [6.07, 6.45) is 1.44. The Hall–Kier alpha value is -2.40. The maximum atomic E-state index is 12.6. The highest BCUT2D eigenvalue weighted by Crippen LogP contribution is 2.37. The number of nitrogens with one attached hydrogen (secondary N) is 2. The van der Waals surface area contributed by atoms with Crippen LogP contribution in [-0.4, -0.2) is 69.0 Å². The zero-order valence-electron chi connectivity index (χ0n) is 21.5. The molecule has 0 amide bonds. The molecule has 1 saturated heterocycles. The predicted molar refractivity (Wildman–Crippen MR) is 146 cm³/mol. The molecule has 5 rings (SSSR count). The van der Waals surface area contributed by atoms with Gasteiger partial charge in [0.15, 0.2) is 0 Å². The Labute approximate surface area is 227 Å². The monoisotopic (exact) mass is 552 g/mol. The van der Waals surface area contributed by atoms with Gasteiger partial charge in [-0.15, -0.1) is 12.4 Å². The van der Waals surface area contributed by atoms with Crippen LogP contribution in [0.2, 0.25) is 0 Å². The number of piperazine rings is 1. The summed E-state index contributed by atoms with van der Waals surface area (Å²) in [4.78, 5) is 11.4. The van der Waals surface area contributed by atoms with Crippen LogP contribution in [0, 0.1) is 0 Å². The number of fused-ring (bicyclic) bond motifs is 1. The summed E-state index contributed by atoms with van der Waals surface area (Å²) in [6, 6.07) is 9.24. The van der Waals surface area contributed by atoms with Crippen molar-refractivity contribution in [1.29, 1.82) is 0 Å². The van der Waals surface area contributed by atoms with Gasteiger partial charge in [-0.2, -0.15) is 18.2 Å². The van der Waals surface area contributed by atoms with Crippen LogP contribution >= 0.6 is 12.4 Å². The molecule has 2 aliphatic rings. The summed E-state index contributed by atoms with van der Waals surface area (Å²) in [5.41, 5.74) is 4.03. The van der Waals surface area contributed by atoms with Gasteiger partial charge in [0.05, 0.1) is 12.5 Å². The second kappa shape index (κ2) is 12.2. The lowest BCUT2D eigenvalue weighted by molar-refractivity contribution is -0.131. The molecule has 3 heterocycles. The lowest BCUT2D eigenvalue weighted by atomic mass is 9.93. The molecule has 3 aromatic rings. The molecule has 208 valence electrons. The Kier molecular flexibility index (Phi) is 9.18. The quantitative estimate of drug-likeness (QED) is 0.376. The molecule has 1 aromatic carbocycles. The first-order valence-corrected chi connectivity index (χ1v) is 13.2. The Morgan fingerprint density at radius 2 is 1.87 bits per heavy atom. The predicted octanol–water partition coefficient (Wildman–Crippen LogP) is 5.15. The Morgan fingerprint density at radius 1 is 1.13 bits per heavy atom. The number of rotatable bonds is 7. The van der Waals surface area contributed by atoms with Crippen LogP contribution in [0.15, 0.2) is 36.7 Å². The molecule has 3 N–H and O–H groups in total.